The van der Waals surface area contributed by atoms with Crippen LogP contribution in [-0.2, 0) is 4.79 Å². The first-order valence-corrected chi connectivity index (χ1v) is 13.2. The van der Waals surface area contributed by atoms with Crippen LogP contribution in [0.15, 0.2) is 83.9 Å². The fraction of sp³-hybridized carbons (Fsp3) is 0.200. The Balaban J connectivity index is 1.22. The summed E-state index contributed by atoms with van der Waals surface area (Å²) in [5, 5.41) is 15.8. The highest BCUT2D eigenvalue weighted by Crippen LogP contribution is 2.33. The molecule has 0 atom stereocenters. The minimum atomic E-state index is 0.0868. The lowest BCUT2D eigenvalue weighted by Crippen LogP contribution is -2.31. The second-order valence-corrected chi connectivity index (χ2v) is 10.0. The lowest BCUT2D eigenvalue weighted by atomic mass is 9.88. The number of aromatic amines is 2. The molecule has 4 N–H and O–H groups in total. The summed E-state index contributed by atoms with van der Waals surface area (Å²) in [6, 6.07) is 7.99. The number of rotatable bonds is 5. The maximum absolute atomic E-state index is 12.9. The average molecular weight is 518 g/mol. The lowest BCUT2D eigenvalue weighted by molar-refractivity contribution is -0.125. The second-order valence-electron chi connectivity index (χ2n) is 10.0. The number of carbonyl (C=O) groups excluding carboxylic acids is 1. The van der Waals surface area contributed by atoms with Gasteiger partial charge in [-0.05, 0) is 49.3 Å². The predicted molar refractivity (Wildman–Crippen MR) is 150 cm³/mol. The van der Waals surface area contributed by atoms with Gasteiger partial charge in [-0.3, -0.25) is 14.9 Å². The molecule has 2 aliphatic rings. The molecule has 9 nitrogen and oxygen atoms in total. The van der Waals surface area contributed by atoms with Crippen molar-refractivity contribution < 1.29 is 9.21 Å². The molecule has 194 valence electrons. The molecule has 7 rings (SSSR count). The zero-order valence-corrected chi connectivity index (χ0v) is 21.2. The third kappa shape index (κ3) is 4.41. The van der Waals surface area contributed by atoms with Gasteiger partial charge in [0.25, 0.3) is 0 Å². The quantitative estimate of drug-likeness (QED) is 0.234. The minimum Gasteiger partial charge on any atom is -0.472 e. The van der Waals surface area contributed by atoms with Gasteiger partial charge < -0.3 is 20.0 Å². The van der Waals surface area contributed by atoms with Crippen molar-refractivity contribution in [2.24, 2.45) is 5.92 Å². The fourth-order valence-electron chi connectivity index (χ4n) is 5.47. The highest BCUT2D eigenvalue weighted by Gasteiger charge is 2.22. The van der Waals surface area contributed by atoms with Crippen LogP contribution < -0.4 is 10.6 Å². The summed E-state index contributed by atoms with van der Waals surface area (Å²) in [7, 11) is 0. The van der Waals surface area contributed by atoms with E-state index in [1.54, 1.807) is 24.9 Å². The number of pyridine rings is 2. The molecule has 0 bridgehead atoms. The number of aromatic nitrogens is 5. The molecule has 1 aliphatic heterocycles. The van der Waals surface area contributed by atoms with E-state index in [2.05, 4.69) is 47.9 Å². The van der Waals surface area contributed by atoms with Gasteiger partial charge in [-0.2, -0.15) is 5.10 Å². The van der Waals surface area contributed by atoms with Crippen LogP contribution in [0.25, 0.3) is 50.2 Å². The van der Waals surface area contributed by atoms with E-state index in [1.807, 2.05) is 36.7 Å². The van der Waals surface area contributed by atoms with Crippen molar-refractivity contribution in [3.05, 3.63) is 85.0 Å². The summed E-state index contributed by atoms with van der Waals surface area (Å²) in [4.78, 5) is 25.6. The Bertz CT molecular complexity index is 1770. The van der Waals surface area contributed by atoms with Crippen LogP contribution in [0.2, 0.25) is 0 Å². The molecule has 0 unspecified atom stereocenters. The molecule has 5 aromatic heterocycles. The van der Waals surface area contributed by atoms with Crippen molar-refractivity contribution in [1.29, 1.82) is 0 Å². The van der Waals surface area contributed by atoms with Crippen molar-refractivity contribution in [3.63, 3.8) is 0 Å². The van der Waals surface area contributed by atoms with Crippen molar-refractivity contribution in [1.82, 2.24) is 35.8 Å². The molecule has 9 heteroatoms. The standard InChI is InChI=1S/C30H27N7O2/c38-30(18-4-2-1-3-5-18)34-22-6-9-31-15-20(12-22)21-13-24-28(36-37-29(24)33-16-21)26-14-23-25(35-26)7-10-32-27(23)19-8-11-39-17-19/h6-18,31,35H,1-5H2,(H,34,38)(H,33,36,37). The molecular weight excluding hydrogens is 490 g/mol. The topological polar surface area (TPSA) is 125 Å². The molecule has 1 aliphatic carbocycles. The number of H-pyrrole nitrogens is 2. The van der Waals surface area contributed by atoms with Gasteiger partial charge in [0.05, 0.1) is 29.6 Å². The van der Waals surface area contributed by atoms with Crippen molar-refractivity contribution >= 4 is 33.4 Å². The van der Waals surface area contributed by atoms with E-state index in [-0.39, 0.29) is 11.8 Å². The highest BCUT2D eigenvalue weighted by atomic mass is 16.3. The van der Waals surface area contributed by atoms with Crippen LogP contribution in [0.1, 0.15) is 37.7 Å². The van der Waals surface area contributed by atoms with Crippen LogP contribution in [-0.4, -0.2) is 31.1 Å². The van der Waals surface area contributed by atoms with Gasteiger partial charge in [0.1, 0.15) is 0 Å². The largest absolute Gasteiger partial charge is 0.472 e. The monoisotopic (exact) mass is 517 g/mol. The number of fused-ring (bicyclic) bond motifs is 2. The van der Waals surface area contributed by atoms with E-state index in [0.29, 0.717) is 5.65 Å². The van der Waals surface area contributed by atoms with Crippen molar-refractivity contribution in [2.75, 3.05) is 0 Å². The molecular formula is C30H27N7O2. The van der Waals surface area contributed by atoms with Crippen LogP contribution in [0.5, 0.6) is 0 Å². The SMILES string of the molecule is O=C(NC1=CC(c2cnc3n[nH]c(-c4cc5c(-c6ccoc6)nccc5[nH]4)c3c2)=CNC=C1)C1CCCCC1. The van der Waals surface area contributed by atoms with Crippen LogP contribution in [0.3, 0.4) is 0 Å². The number of hydrogen-bond acceptors (Lipinski definition) is 6. The third-order valence-electron chi connectivity index (χ3n) is 7.51. The summed E-state index contributed by atoms with van der Waals surface area (Å²) >= 11 is 0. The van der Waals surface area contributed by atoms with Crippen molar-refractivity contribution in [3.8, 4) is 22.6 Å². The Kier molecular flexibility index (Phi) is 5.81. The van der Waals surface area contributed by atoms with E-state index in [9.17, 15) is 4.79 Å². The molecule has 1 amide bonds. The Labute approximate surface area is 224 Å². The average Bonchev–Trinajstić information content (AvgIpc) is 3.71. The van der Waals surface area contributed by atoms with Crippen molar-refractivity contribution in [2.45, 2.75) is 32.1 Å². The van der Waals surface area contributed by atoms with E-state index < -0.39 is 0 Å². The van der Waals surface area contributed by atoms with Gasteiger partial charge in [-0.25, -0.2) is 4.98 Å². The second kappa shape index (κ2) is 9.75. The molecule has 0 radical (unpaired) electrons. The zero-order chi connectivity index (χ0) is 26.2. The van der Waals surface area contributed by atoms with E-state index in [0.717, 1.165) is 81.5 Å². The van der Waals surface area contributed by atoms with Crippen LogP contribution >= 0.6 is 0 Å². The molecule has 1 fully saturated rings. The van der Waals surface area contributed by atoms with Gasteiger partial charge in [0.15, 0.2) is 5.65 Å². The van der Waals surface area contributed by atoms with Crippen LogP contribution in [0, 0.1) is 5.92 Å². The number of allylic oxidation sites excluding steroid dienone is 3. The number of hydrogen-bond donors (Lipinski definition) is 4. The number of amides is 1. The van der Waals surface area contributed by atoms with Gasteiger partial charge in [0, 0.05) is 69.4 Å². The van der Waals surface area contributed by atoms with Gasteiger partial charge in [-0.15, -0.1) is 0 Å². The summed E-state index contributed by atoms with van der Waals surface area (Å²) in [6.45, 7) is 0. The maximum Gasteiger partial charge on any atom is 0.227 e. The van der Waals surface area contributed by atoms with E-state index in [1.165, 1.54) is 6.42 Å². The molecule has 6 heterocycles. The van der Waals surface area contributed by atoms with Gasteiger partial charge >= 0.3 is 0 Å². The van der Waals surface area contributed by atoms with Gasteiger partial charge in [-0.1, -0.05) is 19.3 Å². The molecule has 39 heavy (non-hydrogen) atoms. The summed E-state index contributed by atoms with van der Waals surface area (Å²) in [6.07, 6.45) is 19.9. The highest BCUT2D eigenvalue weighted by molar-refractivity contribution is 6.00. The predicted octanol–water partition coefficient (Wildman–Crippen LogP) is 5.80. The number of nitrogens with one attached hydrogen (secondary N) is 4. The summed E-state index contributed by atoms with van der Waals surface area (Å²) < 4.78 is 5.28. The first kappa shape index (κ1) is 23.2. The maximum atomic E-state index is 12.9. The Morgan fingerprint density at radius 2 is 1.97 bits per heavy atom. The molecule has 5 aromatic rings. The normalized spacial score (nSPS) is 16.1. The van der Waals surface area contributed by atoms with E-state index in [4.69, 9.17) is 4.42 Å². The first-order valence-electron chi connectivity index (χ1n) is 13.2. The Morgan fingerprint density at radius 3 is 2.85 bits per heavy atom. The third-order valence-corrected chi connectivity index (χ3v) is 7.51. The molecule has 1 saturated carbocycles. The number of furan rings is 1. The van der Waals surface area contributed by atoms with E-state index >= 15 is 0 Å². The fourth-order valence-corrected chi connectivity index (χ4v) is 5.47. The first-order chi connectivity index (χ1) is 19.2. The zero-order valence-electron chi connectivity index (χ0n) is 21.2. The summed E-state index contributed by atoms with van der Waals surface area (Å²) in [5.41, 5.74) is 7.64. The molecule has 0 aromatic carbocycles. The lowest BCUT2D eigenvalue weighted by Gasteiger charge is -2.21. The van der Waals surface area contributed by atoms with Gasteiger partial charge in [0.2, 0.25) is 5.91 Å². The van der Waals surface area contributed by atoms with Crippen LogP contribution in [0.4, 0.5) is 0 Å². The number of carbonyl (C=O) groups is 1. The number of nitrogens with zero attached hydrogens (tertiary/aromatic N) is 3. The summed E-state index contributed by atoms with van der Waals surface area (Å²) in [5.74, 6) is 0.185. The smallest absolute Gasteiger partial charge is 0.227 e. The molecule has 0 spiro atoms. The minimum absolute atomic E-state index is 0.0868. The Hall–Kier alpha value is -4.92. The molecule has 0 saturated heterocycles. The Morgan fingerprint density at radius 1 is 1.05 bits per heavy atom.